The molecule has 1 N–H and O–H groups in total. The third-order valence-electron chi connectivity index (χ3n) is 3.85. The standard InChI is InChI=1S/C14H17NO2S/c16-11-6-4-10(5-7-11)15-14(17)13-8-9-2-1-3-12(9)18-13/h8,10H,1-7H2,(H,15,17). The van der Waals surface area contributed by atoms with Crippen molar-refractivity contribution in [2.45, 2.75) is 51.0 Å². The van der Waals surface area contributed by atoms with Gasteiger partial charge >= 0.3 is 0 Å². The average Bonchev–Trinajstić information content (AvgIpc) is 2.92. The molecule has 0 saturated heterocycles. The minimum Gasteiger partial charge on any atom is -0.349 e. The van der Waals surface area contributed by atoms with Crippen molar-refractivity contribution >= 4 is 23.0 Å². The Morgan fingerprint density at radius 2 is 2.00 bits per heavy atom. The van der Waals surface area contributed by atoms with E-state index in [0.717, 1.165) is 30.6 Å². The molecule has 18 heavy (non-hydrogen) atoms. The first-order chi connectivity index (χ1) is 8.72. The molecule has 2 aliphatic carbocycles. The van der Waals surface area contributed by atoms with Gasteiger partial charge in [0.05, 0.1) is 4.88 Å². The number of fused-ring (bicyclic) bond motifs is 1. The van der Waals surface area contributed by atoms with Gasteiger partial charge in [0.15, 0.2) is 0 Å². The molecular weight excluding hydrogens is 246 g/mol. The van der Waals surface area contributed by atoms with E-state index in [1.807, 2.05) is 0 Å². The van der Waals surface area contributed by atoms with Crippen molar-refractivity contribution in [3.05, 3.63) is 21.4 Å². The molecule has 0 unspecified atom stereocenters. The van der Waals surface area contributed by atoms with Gasteiger partial charge < -0.3 is 5.32 Å². The highest BCUT2D eigenvalue weighted by Gasteiger charge is 2.23. The average molecular weight is 263 g/mol. The van der Waals surface area contributed by atoms with Crippen LogP contribution in [0.5, 0.6) is 0 Å². The quantitative estimate of drug-likeness (QED) is 0.891. The number of hydrogen-bond donors (Lipinski definition) is 1. The maximum Gasteiger partial charge on any atom is 0.261 e. The number of carbonyl (C=O) groups is 2. The van der Waals surface area contributed by atoms with Gasteiger partial charge in [-0.05, 0) is 43.7 Å². The Bertz CT molecular complexity index is 460. The third kappa shape index (κ3) is 2.34. The van der Waals surface area contributed by atoms with Crippen molar-refractivity contribution in [1.82, 2.24) is 5.32 Å². The molecule has 1 heterocycles. The molecule has 1 saturated carbocycles. The SMILES string of the molecule is O=C1CCC(NC(=O)c2cc3c(s2)CCC3)CC1. The molecule has 3 rings (SSSR count). The summed E-state index contributed by atoms with van der Waals surface area (Å²) in [6, 6.07) is 2.24. The molecule has 1 aromatic rings. The summed E-state index contributed by atoms with van der Waals surface area (Å²) < 4.78 is 0. The number of Topliss-reactive ketones (excluding diaryl/α,β-unsaturated/α-hetero) is 1. The Balaban J connectivity index is 1.62. The lowest BCUT2D eigenvalue weighted by molar-refractivity contribution is -0.120. The summed E-state index contributed by atoms with van der Waals surface area (Å²) in [7, 11) is 0. The van der Waals surface area contributed by atoms with Crippen molar-refractivity contribution in [3.8, 4) is 0 Å². The predicted molar refractivity (Wildman–Crippen MR) is 71.1 cm³/mol. The Morgan fingerprint density at radius 1 is 1.22 bits per heavy atom. The molecule has 4 heteroatoms. The first kappa shape index (κ1) is 11.9. The van der Waals surface area contributed by atoms with Gasteiger partial charge in [0.1, 0.15) is 5.78 Å². The fourth-order valence-corrected chi connectivity index (χ4v) is 3.94. The summed E-state index contributed by atoms with van der Waals surface area (Å²) in [6.45, 7) is 0. The Kier molecular flexibility index (Phi) is 3.20. The largest absolute Gasteiger partial charge is 0.349 e. The topological polar surface area (TPSA) is 46.2 Å². The van der Waals surface area contributed by atoms with E-state index >= 15 is 0 Å². The van der Waals surface area contributed by atoms with Gasteiger partial charge in [-0.3, -0.25) is 9.59 Å². The summed E-state index contributed by atoms with van der Waals surface area (Å²) in [5.41, 5.74) is 1.36. The number of carbonyl (C=O) groups excluding carboxylic acids is 2. The second kappa shape index (κ2) is 4.84. The number of amides is 1. The molecule has 0 aliphatic heterocycles. The second-order valence-electron chi connectivity index (χ2n) is 5.20. The molecule has 3 nitrogen and oxygen atoms in total. The minimum absolute atomic E-state index is 0.0498. The summed E-state index contributed by atoms with van der Waals surface area (Å²) in [6.07, 6.45) is 6.32. The van der Waals surface area contributed by atoms with Crippen LogP contribution in [0.15, 0.2) is 6.07 Å². The minimum atomic E-state index is 0.0498. The lowest BCUT2D eigenvalue weighted by Gasteiger charge is -2.21. The van der Waals surface area contributed by atoms with Crippen LogP contribution in [0.2, 0.25) is 0 Å². The number of ketones is 1. The van der Waals surface area contributed by atoms with E-state index in [-0.39, 0.29) is 11.9 Å². The zero-order valence-corrected chi connectivity index (χ0v) is 11.1. The molecule has 0 bridgehead atoms. The molecule has 1 fully saturated rings. The Hall–Kier alpha value is -1.16. The van der Waals surface area contributed by atoms with Gasteiger partial charge in [-0.25, -0.2) is 0 Å². The van der Waals surface area contributed by atoms with Crippen LogP contribution in [0.1, 0.15) is 52.2 Å². The third-order valence-corrected chi connectivity index (χ3v) is 5.08. The molecule has 96 valence electrons. The van der Waals surface area contributed by atoms with Crippen LogP contribution >= 0.6 is 11.3 Å². The van der Waals surface area contributed by atoms with Crippen LogP contribution < -0.4 is 5.32 Å². The molecule has 2 aliphatic rings. The van der Waals surface area contributed by atoms with Crippen LogP contribution in [-0.4, -0.2) is 17.7 Å². The number of nitrogens with one attached hydrogen (secondary N) is 1. The molecule has 1 aromatic heterocycles. The zero-order chi connectivity index (χ0) is 12.5. The molecular formula is C14H17NO2S. The van der Waals surface area contributed by atoms with E-state index < -0.39 is 0 Å². The van der Waals surface area contributed by atoms with E-state index in [0.29, 0.717) is 18.6 Å². The fourth-order valence-electron chi connectivity index (χ4n) is 2.78. The lowest BCUT2D eigenvalue weighted by atomic mass is 9.94. The van der Waals surface area contributed by atoms with Gasteiger partial charge in [-0.15, -0.1) is 11.3 Å². The predicted octanol–water partition coefficient (Wildman–Crippen LogP) is 2.48. The van der Waals surface area contributed by atoms with Gasteiger partial charge in [0, 0.05) is 23.8 Å². The van der Waals surface area contributed by atoms with Crippen molar-refractivity contribution in [2.75, 3.05) is 0 Å². The highest BCUT2D eigenvalue weighted by molar-refractivity contribution is 7.14. The first-order valence-electron chi connectivity index (χ1n) is 6.66. The highest BCUT2D eigenvalue weighted by atomic mass is 32.1. The van der Waals surface area contributed by atoms with E-state index in [4.69, 9.17) is 0 Å². The first-order valence-corrected chi connectivity index (χ1v) is 7.48. The smallest absolute Gasteiger partial charge is 0.261 e. The number of aryl methyl sites for hydroxylation is 2. The van der Waals surface area contributed by atoms with Crippen LogP contribution in [0.25, 0.3) is 0 Å². The van der Waals surface area contributed by atoms with Gasteiger partial charge in [0.25, 0.3) is 5.91 Å². The van der Waals surface area contributed by atoms with Crippen molar-refractivity contribution in [3.63, 3.8) is 0 Å². The van der Waals surface area contributed by atoms with E-state index in [1.54, 1.807) is 11.3 Å². The molecule has 0 spiro atoms. The monoisotopic (exact) mass is 263 g/mol. The van der Waals surface area contributed by atoms with E-state index in [2.05, 4.69) is 11.4 Å². The maximum atomic E-state index is 12.1. The van der Waals surface area contributed by atoms with E-state index in [1.165, 1.54) is 16.9 Å². The van der Waals surface area contributed by atoms with Crippen molar-refractivity contribution in [1.29, 1.82) is 0 Å². The van der Waals surface area contributed by atoms with Gasteiger partial charge in [-0.1, -0.05) is 0 Å². The van der Waals surface area contributed by atoms with Crippen molar-refractivity contribution in [2.24, 2.45) is 0 Å². The van der Waals surface area contributed by atoms with Gasteiger partial charge in [0.2, 0.25) is 0 Å². The van der Waals surface area contributed by atoms with E-state index in [9.17, 15) is 9.59 Å². The molecule has 0 atom stereocenters. The van der Waals surface area contributed by atoms with Crippen LogP contribution in [-0.2, 0) is 17.6 Å². The Morgan fingerprint density at radius 3 is 2.72 bits per heavy atom. The summed E-state index contributed by atoms with van der Waals surface area (Å²) in [4.78, 5) is 25.5. The summed E-state index contributed by atoms with van der Waals surface area (Å²) >= 11 is 1.64. The summed E-state index contributed by atoms with van der Waals surface area (Å²) in [5, 5.41) is 3.06. The van der Waals surface area contributed by atoms with Gasteiger partial charge in [-0.2, -0.15) is 0 Å². The number of rotatable bonds is 2. The number of thiophene rings is 1. The van der Waals surface area contributed by atoms with Crippen LogP contribution in [0.4, 0.5) is 0 Å². The second-order valence-corrected chi connectivity index (χ2v) is 6.34. The zero-order valence-electron chi connectivity index (χ0n) is 10.3. The molecule has 0 radical (unpaired) electrons. The van der Waals surface area contributed by atoms with Crippen LogP contribution in [0, 0.1) is 0 Å². The lowest BCUT2D eigenvalue weighted by Crippen LogP contribution is -2.37. The highest BCUT2D eigenvalue weighted by Crippen LogP contribution is 2.30. The molecule has 1 amide bonds. The fraction of sp³-hybridized carbons (Fsp3) is 0.571. The molecule has 0 aromatic carbocycles. The summed E-state index contributed by atoms with van der Waals surface area (Å²) in [5.74, 6) is 0.379. The maximum absolute atomic E-state index is 12.1. The normalized spacial score (nSPS) is 19.9. The van der Waals surface area contributed by atoms with Crippen LogP contribution in [0.3, 0.4) is 0 Å². The Labute approximate surface area is 111 Å². The van der Waals surface area contributed by atoms with Crippen molar-refractivity contribution < 1.29 is 9.59 Å². The number of hydrogen-bond acceptors (Lipinski definition) is 3.